The summed E-state index contributed by atoms with van der Waals surface area (Å²) in [5.41, 5.74) is 0. The first-order valence-electron chi connectivity index (χ1n) is 6.61. The molecule has 98 valence electrons. The minimum Gasteiger partial charge on any atom is -0.393 e. The molecule has 3 nitrogen and oxygen atoms in total. The van der Waals surface area contributed by atoms with Crippen molar-refractivity contribution >= 4 is 43.8 Å². The molecule has 0 amide bonds. The Balaban J connectivity index is 1.69. The van der Waals surface area contributed by atoms with Gasteiger partial charge in [-0.25, -0.2) is 0 Å². The molecule has 5 heteroatoms. The van der Waals surface area contributed by atoms with E-state index in [1.807, 2.05) is 0 Å². The molecule has 8 atom stereocenters. The topological polar surface area (TPSA) is 43.4 Å². The van der Waals surface area contributed by atoms with Gasteiger partial charge in [-0.3, -0.25) is 9.59 Å². The van der Waals surface area contributed by atoms with Crippen molar-refractivity contribution in [2.45, 2.75) is 28.9 Å². The molecule has 1 saturated heterocycles. The van der Waals surface area contributed by atoms with E-state index in [4.69, 9.17) is 4.74 Å². The molecule has 0 aromatic carbocycles. The monoisotopic (exact) mass is 376 g/mol. The van der Waals surface area contributed by atoms with Gasteiger partial charge in [-0.15, -0.1) is 0 Å². The molecule has 4 aliphatic rings. The molecule has 4 fully saturated rings. The van der Waals surface area contributed by atoms with Crippen LogP contribution in [0.4, 0.5) is 0 Å². The van der Waals surface area contributed by atoms with Crippen LogP contribution in [0.25, 0.3) is 0 Å². The van der Waals surface area contributed by atoms with Crippen LogP contribution in [-0.4, -0.2) is 21.6 Å². The van der Waals surface area contributed by atoms with Crippen molar-refractivity contribution in [3.63, 3.8) is 0 Å². The molecule has 2 bridgehead atoms. The van der Waals surface area contributed by atoms with E-state index in [-0.39, 0.29) is 23.8 Å². The SMILES string of the molecule is O=C1OC(=O)[C@H]2[C@@H]1[C@@H]1C[C@H]2C2CC(Br)C(Br)CC21. The van der Waals surface area contributed by atoms with Gasteiger partial charge in [0.1, 0.15) is 0 Å². The number of alkyl halides is 2. The molecule has 3 saturated carbocycles. The van der Waals surface area contributed by atoms with Crippen LogP contribution in [0, 0.1) is 35.5 Å². The van der Waals surface area contributed by atoms with E-state index in [2.05, 4.69) is 31.9 Å². The number of hydrogen-bond donors (Lipinski definition) is 0. The van der Waals surface area contributed by atoms with Crippen molar-refractivity contribution in [1.82, 2.24) is 0 Å². The molecule has 18 heavy (non-hydrogen) atoms. The van der Waals surface area contributed by atoms with E-state index in [9.17, 15) is 9.59 Å². The molecule has 0 aromatic rings. The Morgan fingerprint density at radius 3 is 1.67 bits per heavy atom. The highest BCUT2D eigenvalue weighted by Crippen LogP contribution is 2.65. The lowest BCUT2D eigenvalue weighted by Gasteiger charge is -2.42. The second-order valence-electron chi connectivity index (χ2n) is 6.19. The van der Waals surface area contributed by atoms with Crippen LogP contribution < -0.4 is 0 Å². The van der Waals surface area contributed by atoms with Gasteiger partial charge < -0.3 is 4.74 Å². The molecule has 3 aliphatic carbocycles. The molecule has 0 N–H and O–H groups in total. The Morgan fingerprint density at radius 2 is 1.22 bits per heavy atom. The van der Waals surface area contributed by atoms with Crippen LogP contribution in [-0.2, 0) is 14.3 Å². The summed E-state index contributed by atoms with van der Waals surface area (Å²) in [6.45, 7) is 0. The Morgan fingerprint density at radius 1 is 0.778 bits per heavy atom. The van der Waals surface area contributed by atoms with E-state index in [0.29, 0.717) is 33.3 Å². The molecular formula is C13H14Br2O3. The van der Waals surface area contributed by atoms with Crippen LogP contribution in [0.1, 0.15) is 19.3 Å². The van der Waals surface area contributed by atoms with Gasteiger partial charge in [0, 0.05) is 9.65 Å². The standard InChI is InChI=1S/C13H14Br2O3/c14-8-2-4-5(3-9(8)15)7-1-6(4)10-11(7)13(17)18-12(10)16/h4-11H,1-3H2/t4?,5?,6-,7+,8?,9?,10+,11-. The third-order valence-corrected chi connectivity index (χ3v) is 8.37. The summed E-state index contributed by atoms with van der Waals surface area (Å²) in [5.74, 6) is 1.27. The molecular weight excluding hydrogens is 364 g/mol. The third-order valence-electron chi connectivity index (χ3n) is 5.64. The summed E-state index contributed by atoms with van der Waals surface area (Å²) in [6.07, 6.45) is 3.30. The van der Waals surface area contributed by atoms with E-state index in [1.165, 1.54) is 0 Å². The quantitative estimate of drug-likeness (QED) is 0.370. The van der Waals surface area contributed by atoms with Gasteiger partial charge in [0.25, 0.3) is 0 Å². The Bertz CT molecular complexity index is 400. The first kappa shape index (κ1) is 11.9. The lowest BCUT2D eigenvalue weighted by molar-refractivity contribution is -0.154. The fourth-order valence-corrected chi connectivity index (χ4v) is 6.34. The van der Waals surface area contributed by atoms with Gasteiger partial charge in [-0.05, 0) is 42.9 Å². The number of rotatable bonds is 0. The highest BCUT2D eigenvalue weighted by Gasteiger charge is 2.67. The number of esters is 2. The Hall–Kier alpha value is 0.1000. The zero-order chi connectivity index (χ0) is 12.6. The number of fused-ring (bicyclic) bond motifs is 8. The predicted octanol–water partition coefficient (Wildman–Crippen LogP) is 2.51. The van der Waals surface area contributed by atoms with Gasteiger partial charge >= 0.3 is 11.9 Å². The molecule has 1 aliphatic heterocycles. The highest BCUT2D eigenvalue weighted by molar-refractivity contribution is 9.12. The zero-order valence-electron chi connectivity index (χ0n) is 9.72. The zero-order valence-corrected chi connectivity index (χ0v) is 12.9. The molecule has 0 radical (unpaired) electrons. The minimum atomic E-state index is -0.247. The lowest BCUT2D eigenvalue weighted by Crippen LogP contribution is -2.43. The normalized spacial score (nSPS) is 57.4. The molecule has 4 rings (SSSR count). The largest absolute Gasteiger partial charge is 0.393 e. The second kappa shape index (κ2) is 3.81. The highest BCUT2D eigenvalue weighted by atomic mass is 79.9. The molecule has 0 spiro atoms. The van der Waals surface area contributed by atoms with Crippen LogP contribution in [0.15, 0.2) is 0 Å². The summed E-state index contributed by atoms with van der Waals surface area (Å²) >= 11 is 7.46. The lowest BCUT2D eigenvalue weighted by atomic mass is 9.64. The fraction of sp³-hybridized carbons (Fsp3) is 0.846. The maximum atomic E-state index is 11.8. The summed E-state index contributed by atoms with van der Waals surface area (Å²) in [6, 6.07) is 0. The van der Waals surface area contributed by atoms with E-state index in [1.54, 1.807) is 0 Å². The van der Waals surface area contributed by atoms with Gasteiger partial charge in [-0.1, -0.05) is 31.9 Å². The van der Waals surface area contributed by atoms with Crippen LogP contribution in [0.3, 0.4) is 0 Å². The average molecular weight is 378 g/mol. The van der Waals surface area contributed by atoms with E-state index < -0.39 is 0 Å². The molecule has 0 aromatic heterocycles. The van der Waals surface area contributed by atoms with Crippen molar-refractivity contribution in [2.75, 3.05) is 0 Å². The van der Waals surface area contributed by atoms with Crippen LogP contribution >= 0.6 is 31.9 Å². The number of hydrogen-bond acceptors (Lipinski definition) is 3. The summed E-state index contributed by atoms with van der Waals surface area (Å²) in [7, 11) is 0. The molecule has 4 unspecified atom stereocenters. The third kappa shape index (κ3) is 1.35. The molecule has 1 heterocycles. The summed E-state index contributed by atoms with van der Waals surface area (Å²) < 4.78 is 4.87. The second-order valence-corrected chi connectivity index (χ2v) is 8.54. The van der Waals surface area contributed by atoms with Crippen molar-refractivity contribution < 1.29 is 14.3 Å². The van der Waals surface area contributed by atoms with Gasteiger partial charge in [0.15, 0.2) is 0 Å². The Labute approximate surface area is 122 Å². The van der Waals surface area contributed by atoms with E-state index in [0.717, 1.165) is 19.3 Å². The Kier molecular flexibility index (Phi) is 2.52. The summed E-state index contributed by atoms with van der Waals surface area (Å²) in [4.78, 5) is 24.6. The van der Waals surface area contributed by atoms with Crippen molar-refractivity contribution in [2.24, 2.45) is 35.5 Å². The number of carbonyl (C=O) groups excluding carboxylic acids is 2. The average Bonchev–Trinajstić information content (AvgIpc) is 2.93. The smallest absolute Gasteiger partial charge is 0.317 e. The van der Waals surface area contributed by atoms with Crippen molar-refractivity contribution in [3.05, 3.63) is 0 Å². The summed E-state index contributed by atoms with van der Waals surface area (Å²) in [5, 5.41) is 0. The first-order chi connectivity index (χ1) is 8.58. The van der Waals surface area contributed by atoms with Gasteiger partial charge in [0.2, 0.25) is 0 Å². The maximum Gasteiger partial charge on any atom is 0.317 e. The predicted molar refractivity (Wildman–Crippen MR) is 71.3 cm³/mol. The minimum absolute atomic E-state index is 0.115. The fourth-order valence-electron chi connectivity index (χ4n) is 5.05. The number of halogens is 2. The number of ether oxygens (including phenoxy) is 1. The number of cyclic esters (lactones) is 2. The first-order valence-corrected chi connectivity index (χ1v) is 8.44. The van der Waals surface area contributed by atoms with Crippen molar-refractivity contribution in [3.8, 4) is 0 Å². The van der Waals surface area contributed by atoms with Crippen LogP contribution in [0.5, 0.6) is 0 Å². The maximum absolute atomic E-state index is 11.8. The van der Waals surface area contributed by atoms with Crippen molar-refractivity contribution in [1.29, 1.82) is 0 Å². The number of carbonyl (C=O) groups is 2. The van der Waals surface area contributed by atoms with Gasteiger partial charge in [0.05, 0.1) is 11.8 Å². The van der Waals surface area contributed by atoms with Crippen LogP contribution in [0.2, 0.25) is 0 Å². The van der Waals surface area contributed by atoms with E-state index >= 15 is 0 Å². The van der Waals surface area contributed by atoms with Gasteiger partial charge in [-0.2, -0.15) is 0 Å².